The van der Waals surface area contributed by atoms with Crippen molar-refractivity contribution in [2.75, 3.05) is 13.2 Å². The van der Waals surface area contributed by atoms with E-state index in [4.69, 9.17) is 16.3 Å². The fourth-order valence-electron chi connectivity index (χ4n) is 4.57. The fraction of sp³-hybridized carbons (Fsp3) is 0.360. The Bertz CT molecular complexity index is 959. The SMILES string of the molecule is Cc1cc(-c2ccc(Cl)cc2)cc(C)c1C1C(=O)C=C(CC2CCOCC2)C1=O. The van der Waals surface area contributed by atoms with E-state index in [1.165, 1.54) is 0 Å². The van der Waals surface area contributed by atoms with Gasteiger partial charge in [0.05, 0.1) is 0 Å². The topological polar surface area (TPSA) is 43.4 Å². The largest absolute Gasteiger partial charge is 0.381 e. The summed E-state index contributed by atoms with van der Waals surface area (Å²) in [6.45, 7) is 5.46. The molecule has 150 valence electrons. The van der Waals surface area contributed by atoms with Crippen LogP contribution in [0.4, 0.5) is 0 Å². The third-order valence-corrected chi connectivity index (χ3v) is 6.34. The first-order valence-electron chi connectivity index (χ1n) is 10.2. The summed E-state index contributed by atoms with van der Waals surface area (Å²) in [7, 11) is 0. The Morgan fingerprint density at radius 2 is 1.59 bits per heavy atom. The molecule has 1 aliphatic carbocycles. The second-order valence-electron chi connectivity index (χ2n) is 8.16. The van der Waals surface area contributed by atoms with Crippen LogP contribution in [-0.2, 0) is 14.3 Å². The van der Waals surface area contributed by atoms with E-state index in [0.717, 1.165) is 53.9 Å². The van der Waals surface area contributed by atoms with Gasteiger partial charge in [-0.15, -0.1) is 0 Å². The van der Waals surface area contributed by atoms with Gasteiger partial charge >= 0.3 is 0 Å². The van der Waals surface area contributed by atoms with E-state index < -0.39 is 5.92 Å². The van der Waals surface area contributed by atoms with Gasteiger partial charge in [-0.3, -0.25) is 9.59 Å². The van der Waals surface area contributed by atoms with Crippen molar-refractivity contribution in [1.82, 2.24) is 0 Å². The van der Waals surface area contributed by atoms with Gasteiger partial charge in [0.15, 0.2) is 11.6 Å². The van der Waals surface area contributed by atoms with Crippen LogP contribution in [0.1, 0.15) is 41.9 Å². The molecule has 0 saturated carbocycles. The molecular formula is C25H25ClO3. The first-order chi connectivity index (χ1) is 13.9. The molecule has 4 rings (SSSR count). The number of allylic oxidation sites excluding steroid dienone is 2. The molecule has 4 heteroatoms. The van der Waals surface area contributed by atoms with E-state index >= 15 is 0 Å². The number of carbonyl (C=O) groups is 2. The average Bonchev–Trinajstić information content (AvgIpc) is 2.96. The summed E-state index contributed by atoms with van der Waals surface area (Å²) >= 11 is 6.00. The zero-order valence-electron chi connectivity index (χ0n) is 16.8. The van der Waals surface area contributed by atoms with Crippen LogP contribution in [0.5, 0.6) is 0 Å². The maximum absolute atomic E-state index is 13.2. The highest BCUT2D eigenvalue weighted by atomic mass is 35.5. The van der Waals surface area contributed by atoms with E-state index in [1.54, 1.807) is 6.08 Å². The summed E-state index contributed by atoms with van der Waals surface area (Å²) in [5.41, 5.74) is 5.62. The van der Waals surface area contributed by atoms with Gasteiger partial charge in [-0.1, -0.05) is 35.9 Å². The lowest BCUT2D eigenvalue weighted by Crippen LogP contribution is -2.20. The van der Waals surface area contributed by atoms with Crippen molar-refractivity contribution in [2.24, 2.45) is 5.92 Å². The van der Waals surface area contributed by atoms with E-state index in [1.807, 2.05) is 38.1 Å². The second kappa shape index (κ2) is 8.25. The summed E-state index contributed by atoms with van der Waals surface area (Å²) in [5.74, 6) is -0.362. The lowest BCUT2D eigenvalue weighted by Gasteiger charge is -2.22. The average molecular weight is 409 g/mol. The molecule has 1 atom stereocenters. The molecule has 1 heterocycles. The Kier molecular flexibility index (Phi) is 5.71. The number of Topliss-reactive ketones (excluding diaryl/α,β-unsaturated/α-hetero) is 1. The van der Waals surface area contributed by atoms with Crippen LogP contribution in [0.3, 0.4) is 0 Å². The molecule has 1 aliphatic heterocycles. The van der Waals surface area contributed by atoms with Crippen molar-refractivity contribution in [3.63, 3.8) is 0 Å². The van der Waals surface area contributed by atoms with E-state index in [-0.39, 0.29) is 11.6 Å². The highest BCUT2D eigenvalue weighted by Gasteiger charge is 2.38. The highest BCUT2D eigenvalue weighted by molar-refractivity contribution is 6.30. The van der Waals surface area contributed by atoms with Gasteiger partial charge in [0.1, 0.15) is 5.92 Å². The molecule has 0 bridgehead atoms. The maximum Gasteiger partial charge on any atom is 0.174 e. The quantitative estimate of drug-likeness (QED) is 0.618. The Morgan fingerprint density at radius 3 is 2.21 bits per heavy atom. The van der Waals surface area contributed by atoms with Gasteiger partial charge < -0.3 is 4.74 Å². The minimum Gasteiger partial charge on any atom is -0.381 e. The summed E-state index contributed by atoms with van der Waals surface area (Å²) in [5, 5.41) is 0.698. The zero-order valence-corrected chi connectivity index (χ0v) is 17.6. The molecule has 1 unspecified atom stereocenters. The number of ketones is 2. The fourth-order valence-corrected chi connectivity index (χ4v) is 4.70. The van der Waals surface area contributed by atoms with Gasteiger partial charge in [0.25, 0.3) is 0 Å². The van der Waals surface area contributed by atoms with Crippen molar-refractivity contribution in [1.29, 1.82) is 0 Å². The number of halogens is 1. The number of benzene rings is 2. The van der Waals surface area contributed by atoms with Gasteiger partial charge in [0, 0.05) is 23.8 Å². The Hall–Kier alpha value is -2.23. The van der Waals surface area contributed by atoms with Crippen LogP contribution in [0.2, 0.25) is 5.02 Å². The van der Waals surface area contributed by atoms with Crippen molar-refractivity contribution >= 4 is 23.2 Å². The van der Waals surface area contributed by atoms with Gasteiger partial charge in [-0.25, -0.2) is 0 Å². The number of carbonyl (C=O) groups excluding carboxylic acids is 2. The molecule has 0 radical (unpaired) electrons. The molecule has 0 N–H and O–H groups in total. The maximum atomic E-state index is 13.2. The minimum absolute atomic E-state index is 0.0214. The van der Waals surface area contributed by atoms with Gasteiger partial charge in [-0.2, -0.15) is 0 Å². The number of hydrogen-bond acceptors (Lipinski definition) is 3. The number of aryl methyl sites for hydroxylation is 2. The monoisotopic (exact) mass is 408 g/mol. The first-order valence-corrected chi connectivity index (χ1v) is 10.6. The number of ether oxygens (including phenoxy) is 1. The predicted octanol–water partition coefficient (Wildman–Crippen LogP) is 5.60. The molecular weight excluding hydrogens is 384 g/mol. The smallest absolute Gasteiger partial charge is 0.174 e. The third kappa shape index (κ3) is 4.08. The molecule has 2 aliphatic rings. The second-order valence-corrected chi connectivity index (χ2v) is 8.60. The summed E-state index contributed by atoms with van der Waals surface area (Å²) < 4.78 is 5.41. The minimum atomic E-state index is -0.691. The molecule has 2 aromatic carbocycles. The standard InChI is InChI=1S/C25H25ClO3/c1-15-11-19(18-3-5-21(26)6-4-18)12-16(2)23(15)24-22(27)14-20(25(24)28)13-17-7-9-29-10-8-17/h3-6,11-12,14,17,24H,7-10,13H2,1-2H3. The normalized spacial score (nSPS) is 20.2. The molecule has 0 amide bonds. The van der Waals surface area contributed by atoms with E-state index in [0.29, 0.717) is 22.9 Å². The predicted molar refractivity (Wildman–Crippen MR) is 115 cm³/mol. The van der Waals surface area contributed by atoms with Crippen molar-refractivity contribution < 1.29 is 14.3 Å². The molecule has 3 nitrogen and oxygen atoms in total. The molecule has 0 spiro atoms. The molecule has 1 fully saturated rings. The molecule has 2 aromatic rings. The Morgan fingerprint density at radius 1 is 0.966 bits per heavy atom. The third-order valence-electron chi connectivity index (χ3n) is 6.09. The molecule has 0 aromatic heterocycles. The lowest BCUT2D eigenvalue weighted by atomic mass is 9.83. The van der Waals surface area contributed by atoms with Crippen LogP contribution in [0.25, 0.3) is 11.1 Å². The van der Waals surface area contributed by atoms with Crippen LogP contribution >= 0.6 is 11.6 Å². The van der Waals surface area contributed by atoms with Crippen LogP contribution in [0, 0.1) is 19.8 Å². The Balaban J connectivity index is 1.60. The lowest BCUT2D eigenvalue weighted by molar-refractivity contribution is -0.123. The summed E-state index contributed by atoms with van der Waals surface area (Å²) in [6, 6.07) is 11.8. The van der Waals surface area contributed by atoms with Crippen molar-refractivity contribution in [3.8, 4) is 11.1 Å². The Labute approximate surface area is 176 Å². The van der Waals surface area contributed by atoms with Crippen LogP contribution in [-0.4, -0.2) is 24.8 Å². The number of rotatable bonds is 4. The first kappa shape index (κ1) is 20.1. The van der Waals surface area contributed by atoms with E-state index in [9.17, 15) is 9.59 Å². The zero-order chi connectivity index (χ0) is 20.5. The summed E-state index contributed by atoms with van der Waals surface area (Å²) in [6.07, 6.45) is 4.19. The summed E-state index contributed by atoms with van der Waals surface area (Å²) in [4.78, 5) is 25.9. The van der Waals surface area contributed by atoms with Crippen LogP contribution < -0.4 is 0 Å². The van der Waals surface area contributed by atoms with Crippen LogP contribution in [0.15, 0.2) is 48.0 Å². The van der Waals surface area contributed by atoms with Gasteiger partial charge in [0.2, 0.25) is 0 Å². The van der Waals surface area contributed by atoms with Crippen molar-refractivity contribution in [3.05, 3.63) is 69.8 Å². The van der Waals surface area contributed by atoms with Gasteiger partial charge in [-0.05, 0) is 85.1 Å². The van der Waals surface area contributed by atoms with E-state index in [2.05, 4.69) is 12.1 Å². The molecule has 1 saturated heterocycles. The van der Waals surface area contributed by atoms with Crippen molar-refractivity contribution in [2.45, 2.75) is 39.0 Å². The highest BCUT2D eigenvalue weighted by Crippen LogP contribution is 2.37. The number of hydrogen-bond donors (Lipinski definition) is 0. The molecule has 29 heavy (non-hydrogen) atoms.